The molecule has 22 heavy (non-hydrogen) atoms. The summed E-state index contributed by atoms with van der Waals surface area (Å²) < 4.78 is 0. The summed E-state index contributed by atoms with van der Waals surface area (Å²) in [6.07, 6.45) is 0. The maximum absolute atomic E-state index is 6.02. The van der Waals surface area contributed by atoms with Crippen LogP contribution in [0.15, 0.2) is 36.4 Å². The number of anilines is 3. The van der Waals surface area contributed by atoms with E-state index in [4.69, 9.17) is 41.2 Å². The van der Waals surface area contributed by atoms with Gasteiger partial charge in [-0.2, -0.15) is 0 Å². The number of para-hydroxylation sites is 1. The smallest absolute Gasteiger partial charge is 0.175 e. The number of rotatable bonds is 3. The Hall–Kier alpha value is -1.49. The van der Waals surface area contributed by atoms with E-state index in [2.05, 4.69) is 30.5 Å². The molecule has 0 heterocycles. The number of hydrogen-bond acceptors (Lipinski definition) is 2. The number of benzene rings is 2. The van der Waals surface area contributed by atoms with E-state index < -0.39 is 0 Å². The Morgan fingerprint density at radius 2 is 1.68 bits per heavy atom. The molecule has 6 heteroatoms. The summed E-state index contributed by atoms with van der Waals surface area (Å²) in [4.78, 5) is 0. The second-order valence-electron chi connectivity index (χ2n) is 5.17. The SMILES string of the molecule is CC(C)c1ccccc1NC(=S)Nc1cc(Cl)c(N)c(Cl)c1. The Morgan fingerprint density at radius 3 is 2.27 bits per heavy atom. The normalized spacial score (nSPS) is 10.6. The van der Waals surface area contributed by atoms with Crippen LogP contribution in [0.3, 0.4) is 0 Å². The molecule has 0 fully saturated rings. The lowest BCUT2D eigenvalue weighted by atomic mass is 10.0. The maximum Gasteiger partial charge on any atom is 0.175 e. The Morgan fingerprint density at radius 1 is 1.09 bits per heavy atom. The Balaban J connectivity index is 2.14. The molecule has 0 aliphatic rings. The van der Waals surface area contributed by atoms with Gasteiger partial charge in [-0.25, -0.2) is 0 Å². The fourth-order valence-corrected chi connectivity index (χ4v) is 2.77. The summed E-state index contributed by atoms with van der Waals surface area (Å²) in [6, 6.07) is 11.4. The molecule has 0 radical (unpaired) electrons. The highest BCUT2D eigenvalue weighted by Gasteiger charge is 2.09. The molecule has 3 nitrogen and oxygen atoms in total. The largest absolute Gasteiger partial charge is 0.396 e. The summed E-state index contributed by atoms with van der Waals surface area (Å²) in [5.41, 5.74) is 8.93. The molecule has 0 unspecified atom stereocenters. The quantitative estimate of drug-likeness (QED) is 0.503. The van der Waals surface area contributed by atoms with Crippen LogP contribution in [0.2, 0.25) is 10.0 Å². The van der Waals surface area contributed by atoms with E-state index in [9.17, 15) is 0 Å². The van der Waals surface area contributed by atoms with Gasteiger partial charge in [0.25, 0.3) is 0 Å². The lowest BCUT2D eigenvalue weighted by Gasteiger charge is -2.16. The highest BCUT2D eigenvalue weighted by atomic mass is 35.5. The average molecular weight is 354 g/mol. The van der Waals surface area contributed by atoms with Crippen LogP contribution in [0.25, 0.3) is 0 Å². The van der Waals surface area contributed by atoms with Crippen LogP contribution >= 0.6 is 35.4 Å². The topological polar surface area (TPSA) is 50.1 Å². The standard InChI is InChI=1S/C16H17Cl2N3S/c1-9(2)11-5-3-4-6-14(11)21-16(22)20-10-7-12(17)15(19)13(18)8-10/h3-9H,19H2,1-2H3,(H2,20,21,22). The predicted molar refractivity (Wildman–Crippen MR) is 101 cm³/mol. The molecule has 0 aromatic heterocycles. The number of halogens is 2. The molecule has 0 bridgehead atoms. The molecule has 0 saturated heterocycles. The van der Waals surface area contributed by atoms with Crippen molar-refractivity contribution in [1.82, 2.24) is 0 Å². The number of nitrogens with one attached hydrogen (secondary N) is 2. The van der Waals surface area contributed by atoms with Gasteiger partial charge < -0.3 is 16.4 Å². The summed E-state index contributed by atoms with van der Waals surface area (Å²) >= 11 is 17.4. The highest BCUT2D eigenvalue weighted by molar-refractivity contribution is 7.80. The van der Waals surface area contributed by atoms with E-state index in [0.717, 1.165) is 5.69 Å². The second-order valence-corrected chi connectivity index (χ2v) is 6.40. The van der Waals surface area contributed by atoms with Crippen molar-refractivity contribution in [3.63, 3.8) is 0 Å². The monoisotopic (exact) mass is 353 g/mol. The first-order valence-electron chi connectivity index (χ1n) is 6.80. The number of nitrogens with two attached hydrogens (primary N) is 1. The van der Waals surface area contributed by atoms with Crippen molar-refractivity contribution in [2.45, 2.75) is 19.8 Å². The van der Waals surface area contributed by atoms with Crippen LogP contribution in [-0.2, 0) is 0 Å². The van der Waals surface area contributed by atoms with Gasteiger partial charge in [0.1, 0.15) is 0 Å². The second kappa shape index (κ2) is 7.18. The third-order valence-corrected chi connectivity index (χ3v) is 4.00. The minimum absolute atomic E-state index is 0.359. The van der Waals surface area contributed by atoms with Crippen molar-refractivity contribution in [3.05, 3.63) is 52.0 Å². The molecule has 0 amide bonds. The molecule has 0 saturated carbocycles. The van der Waals surface area contributed by atoms with Crippen molar-refractivity contribution >= 4 is 57.6 Å². The molecule has 0 aliphatic heterocycles. The fourth-order valence-electron chi connectivity index (χ4n) is 2.06. The predicted octanol–water partition coefficient (Wildman–Crippen LogP) is 5.51. The van der Waals surface area contributed by atoms with Gasteiger partial charge in [0.2, 0.25) is 0 Å². The first-order valence-corrected chi connectivity index (χ1v) is 7.96. The molecule has 4 N–H and O–H groups in total. The molecule has 2 aromatic rings. The summed E-state index contributed by atoms with van der Waals surface area (Å²) in [5, 5.41) is 7.50. The number of nitrogen functional groups attached to an aromatic ring is 1. The van der Waals surface area contributed by atoms with Crippen LogP contribution in [0.5, 0.6) is 0 Å². The van der Waals surface area contributed by atoms with Crippen molar-refractivity contribution in [3.8, 4) is 0 Å². The van der Waals surface area contributed by atoms with Crippen molar-refractivity contribution in [2.75, 3.05) is 16.4 Å². The van der Waals surface area contributed by atoms with E-state index >= 15 is 0 Å². The van der Waals surface area contributed by atoms with Gasteiger partial charge in [-0.1, -0.05) is 55.2 Å². The lowest BCUT2D eigenvalue weighted by Crippen LogP contribution is -2.20. The van der Waals surface area contributed by atoms with Gasteiger partial charge in [0.15, 0.2) is 5.11 Å². The minimum atomic E-state index is 0.359. The fraction of sp³-hybridized carbons (Fsp3) is 0.188. The van der Waals surface area contributed by atoms with Gasteiger partial charge >= 0.3 is 0 Å². The van der Waals surface area contributed by atoms with Crippen LogP contribution < -0.4 is 16.4 Å². The molecule has 116 valence electrons. The minimum Gasteiger partial charge on any atom is -0.396 e. The molecule has 0 spiro atoms. The molecular weight excluding hydrogens is 337 g/mol. The van der Waals surface area contributed by atoms with Gasteiger partial charge in [0, 0.05) is 11.4 Å². The van der Waals surface area contributed by atoms with Gasteiger partial charge in [-0.3, -0.25) is 0 Å². The van der Waals surface area contributed by atoms with E-state index in [1.54, 1.807) is 12.1 Å². The van der Waals surface area contributed by atoms with Gasteiger partial charge in [-0.15, -0.1) is 0 Å². The zero-order chi connectivity index (χ0) is 16.3. The third kappa shape index (κ3) is 4.03. The van der Waals surface area contributed by atoms with Crippen molar-refractivity contribution in [2.24, 2.45) is 0 Å². The first-order chi connectivity index (χ1) is 10.4. The van der Waals surface area contributed by atoms with Gasteiger partial charge in [0.05, 0.1) is 15.7 Å². The average Bonchev–Trinajstić information content (AvgIpc) is 2.44. The molecular formula is C16H17Cl2N3S. The van der Waals surface area contributed by atoms with Gasteiger partial charge in [-0.05, 0) is 41.9 Å². The zero-order valence-electron chi connectivity index (χ0n) is 12.3. The molecule has 2 rings (SSSR count). The Kier molecular flexibility index (Phi) is 5.51. The third-order valence-electron chi connectivity index (χ3n) is 3.17. The lowest BCUT2D eigenvalue weighted by molar-refractivity contribution is 0.869. The number of hydrogen-bond donors (Lipinski definition) is 3. The van der Waals surface area contributed by atoms with Crippen LogP contribution in [0.4, 0.5) is 17.1 Å². The van der Waals surface area contributed by atoms with Crippen molar-refractivity contribution < 1.29 is 0 Å². The maximum atomic E-state index is 6.02. The van der Waals surface area contributed by atoms with E-state index in [-0.39, 0.29) is 0 Å². The summed E-state index contributed by atoms with van der Waals surface area (Å²) in [7, 11) is 0. The van der Waals surface area contributed by atoms with E-state index in [0.29, 0.717) is 32.5 Å². The van der Waals surface area contributed by atoms with Crippen molar-refractivity contribution in [1.29, 1.82) is 0 Å². The number of thiocarbonyl (C=S) groups is 1. The zero-order valence-corrected chi connectivity index (χ0v) is 14.6. The van der Waals surface area contributed by atoms with Crippen LogP contribution in [-0.4, -0.2) is 5.11 Å². The summed E-state index contributed by atoms with van der Waals surface area (Å²) in [6.45, 7) is 4.27. The molecule has 0 atom stereocenters. The van der Waals surface area contributed by atoms with Crippen LogP contribution in [0, 0.1) is 0 Å². The molecule has 2 aromatic carbocycles. The Bertz CT molecular complexity index is 679. The molecule has 0 aliphatic carbocycles. The van der Waals surface area contributed by atoms with E-state index in [1.165, 1.54) is 5.56 Å². The summed E-state index contributed by atoms with van der Waals surface area (Å²) in [5.74, 6) is 0.395. The van der Waals surface area contributed by atoms with E-state index in [1.807, 2.05) is 18.2 Å². The Labute approximate surface area is 145 Å². The van der Waals surface area contributed by atoms with Crippen LogP contribution in [0.1, 0.15) is 25.3 Å². The first kappa shape index (κ1) is 16.9. The highest BCUT2D eigenvalue weighted by Crippen LogP contribution is 2.31.